The van der Waals surface area contributed by atoms with Gasteiger partial charge in [0.05, 0.1) is 11.2 Å². The molecule has 0 bridgehead atoms. The molecule has 8 aromatic rings. The molecule has 194 valence electrons. The highest BCUT2D eigenvalue weighted by Crippen LogP contribution is 2.45. The molecule has 41 heavy (non-hydrogen) atoms. The Morgan fingerprint density at radius 3 is 1.59 bits per heavy atom. The lowest BCUT2D eigenvalue weighted by molar-refractivity contribution is 0.990. The third kappa shape index (κ3) is 3.36. The molecule has 0 amide bonds. The van der Waals surface area contributed by atoms with Crippen molar-refractivity contribution < 1.29 is 0 Å². The van der Waals surface area contributed by atoms with Crippen molar-refractivity contribution in [2.75, 3.05) is 0 Å². The molecule has 0 N–H and O–H groups in total. The van der Waals surface area contributed by atoms with Gasteiger partial charge < -0.3 is 4.57 Å². The van der Waals surface area contributed by atoms with E-state index in [1.807, 2.05) is 47.8 Å². The van der Waals surface area contributed by atoms with Crippen LogP contribution >= 0.6 is 0 Å². The van der Waals surface area contributed by atoms with E-state index in [1.54, 1.807) is 0 Å². The fraction of sp³-hybridized carbons (Fsp3) is 0.0263. The van der Waals surface area contributed by atoms with Gasteiger partial charge in [0.25, 0.3) is 5.56 Å². The number of pyridine rings is 2. The number of hydrogen-bond donors (Lipinski definition) is 0. The Bertz CT molecular complexity index is 2310. The molecule has 0 fully saturated rings. The van der Waals surface area contributed by atoms with Crippen LogP contribution in [0.1, 0.15) is 0 Å². The number of benzene rings is 5. The van der Waals surface area contributed by atoms with Crippen LogP contribution < -0.4 is 5.56 Å². The van der Waals surface area contributed by atoms with Crippen molar-refractivity contribution >= 4 is 38.1 Å². The molecule has 0 saturated carbocycles. The third-order valence-electron chi connectivity index (χ3n) is 8.31. The first-order valence-corrected chi connectivity index (χ1v) is 13.9. The van der Waals surface area contributed by atoms with Gasteiger partial charge in [0.15, 0.2) is 0 Å². The normalized spacial score (nSPS) is 11.6. The van der Waals surface area contributed by atoms with Gasteiger partial charge >= 0.3 is 0 Å². The molecule has 0 aliphatic heterocycles. The van der Waals surface area contributed by atoms with E-state index in [0.717, 1.165) is 66.1 Å². The lowest BCUT2D eigenvalue weighted by atomic mass is 9.90. The minimum absolute atomic E-state index is 0.0184. The van der Waals surface area contributed by atoms with Gasteiger partial charge in [-0.3, -0.25) is 9.20 Å². The first-order valence-electron chi connectivity index (χ1n) is 13.9. The van der Waals surface area contributed by atoms with Gasteiger partial charge in [0.2, 0.25) is 0 Å². The molecule has 0 radical (unpaired) electrons. The van der Waals surface area contributed by atoms with E-state index in [2.05, 4.69) is 108 Å². The second-order valence-corrected chi connectivity index (χ2v) is 10.5. The molecule has 3 heterocycles. The van der Waals surface area contributed by atoms with Gasteiger partial charge in [0.1, 0.15) is 5.52 Å². The molecule has 3 aromatic heterocycles. The summed E-state index contributed by atoms with van der Waals surface area (Å²) in [4.78, 5) is 15.0. The fourth-order valence-electron chi connectivity index (χ4n) is 6.60. The molecular weight excluding hydrogens is 500 g/mol. The van der Waals surface area contributed by atoms with E-state index in [9.17, 15) is 0 Å². The smallest absolute Gasteiger partial charge is 0.280 e. The second-order valence-electron chi connectivity index (χ2n) is 10.5. The summed E-state index contributed by atoms with van der Waals surface area (Å²) >= 11 is 0. The van der Waals surface area contributed by atoms with Crippen molar-refractivity contribution in [2.45, 2.75) is 0 Å². The number of fused-ring (bicyclic) bond motifs is 6. The lowest BCUT2D eigenvalue weighted by Gasteiger charge is -2.22. The van der Waals surface area contributed by atoms with Crippen LogP contribution in [0.25, 0.3) is 71.6 Å². The molecule has 0 spiro atoms. The maximum atomic E-state index is 15.0. The summed E-state index contributed by atoms with van der Waals surface area (Å²) in [6.45, 7) is 0. The Labute approximate surface area is 237 Å². The number of rotatable bonds is 3. The maximum absolute atomic E-state index is 15.0. The van der Waals surface area contributed by atoms with Crippen LogP contribution in [0, 0.1) is 0 Å². The summed E-state index contributed by atoms with van der Waals surface area (Å²) in [7, 11) is 2.01. The minimum atomic E-state index is -0.0184. The largest absolute Gasteiger partial charge is 0.339 e. The van der Waals surface area contributed by atoms with Crippen LogP contribution in [0.4, 0.5) is 0 Å². The van der Waals surface area contributed by atoms with Crippen LogP contribution in [0.2, 0.25) is 0 Å². The van der Waals surface area contributed by atoms with E-state index in [1.165, 1.54) is 0 Å². The SMILES string of the molecule is Cn1c2ccccc2c2c(-c3ccccc3)c3c4ccccc4c(-c4ccccc4)c(-c4ccccc4)n3c(=O)c21. The van der Waals surface area contributed by atoms with Crippen LogP contribution in [0.3, 0.4) is 0 Å². The Morgan fingerprint density at radius 2 is 0.951 bits per heavy atom. The van der Waals surface area contributed by atoms with Crippen molar-refractivity contribution in [2.24, 2.45) is 7.05 Å². The first-order chi connectivity index (χ1) is 20.2. The van der Waals surface area contributed by atoms with Crippen molar-refractivity contribution in [3.63, 3.8) is 0 Å². The van der Waals surface area contributed by atoms with Crippen molar-refractivity contribution in [1.29, 1.82) is 0 Å². The predicted molar refractivity (Wildman–Crippen MR) is 171 cm³/mol. The standard InChI is InChI=1S/C38H26N2O/c1-39-31-24-14-13-23-30(31)34-33(26-17-7-3-8-18-26)36-29-22-12-11-21-28(29)32(25-15-5-2-6-16-25)35(27-19-9-4-10-20-27)40(36)38(41)37(34)39/h2-24H,1H3. The Morgan fingerprint density at radius 1 is 0.463 bits per heavy atom. The number of aryl methyl sites for hydroxylation is 1. The lowest BCUT2D eigenvalue weighted by Crippen LogP contribution is -2.20. The van der Waals surface area contributed by atoms with Gasteiger partial charge in [-0.05, 0) is 28.1 Å². The van der Waals surface area contributed by atoms with E-state index in [-0.39, 0.29) is 5.56 Å². The van der Waals surface area contributed by atoms with Crippen LogP contribution in [-0.4, -0.2) is 8.97 Å². The van der Waals surface area contributed by atoms with Crippen LogP contribution in [0.5, 0.6) is 0 Å². The second kappa shape index (κ2) is 9.07. The van der Waals surface area contributed by atoms with Gasteiger partial charge in [-0.25, -0.2) is 0 Å². The average molecular weight is 527 g/mol. The molecule has 0 aliphatic rings. The number of para-hydroxylation sites is 1. The summed E-state index contributed by atoms with van der Waals surface area (Å²) < 4.78 is 4.06. The van der Waals surface area contributed by atoms with Crippen LogP contribution in [0.15, 0.2) is 144 Å². The summed E-state index contributed by atoms with van der Waals surface area (Å²) in [5, 5.41) is 4.25. The highest BCUT2D eigenvalue weighted by molar-refractivity contribution is 6.23. The van der Waals surface area contributed by atoms with Gasteiger partial charge in [-0.15, -0.1) is 0 Å². The monoisotopic (exact) mass is 526 g/mol. The van der Waals surface area contributed by atoms with Crippen molar-refractivity contribution in [3.05, 3.63) is 150 Å². The highest BCUT2D eigenvalue weighted by atomic mass is 16.1. The molecule has 0 unspecified atom stereocenters. The Kier molecular flexibility index (Phi) is 5.19. The molecule has 5 aromatic carbocycles. The quantitative estimate of drug-likeness (QED) is 0.211. The molecular formula is C38H26N2O. The zero-order chi connectivity index (χ0) is 27.5. The first kappa shape index (κ1) is 23.5. The molecule has 3 nitrogen and oxygen atoms in total. The minimum Gasteiger partial charge on any atom is -0.339 e. The van der Waals surface area contributed by atoms with Gasteiger partial charge in [-0.1, -0.05) is 133 Å². The molecule has 3 heteroatoms. The van der Waals surface area contributed by atoms with Gasteiger partial charge in [0, 0.05) is 39.8 Å². The average Bonchev–Trinajstić information content (AvgIpc) is 3.34. The summed E-state index contributed by atoms with van der Waals surface area (Å²) in [6.07, 6.45) is 0. The van der Waals surface area contributed by atoms with E-state index in [0.29, 0.717) is 5.52 Å². The zero-order valence-electron chi connectivity index (χ0n) is 22.6. The Hall–Kier alpha value is -5.41. The van der Waals surface area contributed by atoms with Gasteiger partial charge in [-0.2, -0.15) is 0 Å². The predicted octanol–water partition coefficient (Wildman–Crippen LogP) is 9.10. The van der Waals surface area contributed by atoms with E-state index in [4.69, 9.17) is 0 Å². The van der Waals surface area contributed by atoms with E-state index < -0.39 is 0 Å². The van der Waals surface area contributed by atoms with Crippen LogP contribution in [-0.2, 0) is 7.05 Å². The molecule has 0 saturated heterocycles. The Balaban J connectivity index is 1.77. The summed E-state index contributed by atoms with van der Waals surface area (Å²) in [6, 6.07) is 48.1. The number of nitrogens with zero attached hydrogens (tertiary/aromatic N) is 2. The summed E-state index contributed by atoms with van der Waals surface area (Å²) in [5.41, 5.74) is 8.85. The highest BCUT2D eigenvalue weighted by Gasteiger charge is 2.26. The van der Waals surface area contributed by atoms with E-state index >= 15 is 4.79 Å². The summed E-state index contributed by atoms with van der Waals surface area (Å²) in [5.74, 6) is 0. The van der Waals surface area contributed by atoms with Crippen molar-refractivity contribution in [3.8, 4) is 33.5 Å². The molecule has 0 atom stereocenters. The zero-order valence-corrected chi connectivity index (χ0v) is 22.6. The fourth-order valence-corrected chi connectivity index (χ4v) is 6.60. The maximum Gasteiger partial charge on any atom is 0.280 e. The molecule has 0 aliphatic carbocycles. The molecule has 8 rings (SSSR count). The van der Waals surface area contributed by atoms with Crippen molar-refractivity contribution in [1.82, 2.24) is 8.97 Å². The number of hydrogen-bond acceptors (Lipinski definition) is 1. The third-order valence-corrected chi connectivity index (χ3v) is 8.31. The topological polar surface area (TPSA) is 26.4 Å². The number of aromatic nitrogens is 2.